The van der Waals surface area contributed by atoms with Crippen LogP contribution in [0.3, 0.4) is 0 Å². The zero-order chi connectivity index (χ0) is 22.0. The molecule has 2 fully saturated rings. The Morgan fingerprint density at radius 1 is 1.28 bits per heavy atom. The van der Waals surface area contributed by atoms with E-state index in [0.717, 1.165) is 48.0 Å². The van der Waals surface area contributed by atoms with Gasteiger partial charge in [-0.05, 0) is 56.2 Å². The smallest absolute Gasteiger partial charge is 0.254 e. The molecule has 2 saturated carbocycles. The van der Waals surface area contributed by atoms with Gasteiger partial charge in [-0.1, -0.05) is 6.07 Å². The lowest BCUT2D eigenvalue weighted by Gasteiger charge is -2.57. The number of aromatic nitrogens is 5. The maximum Gasteiger partial charge on any atom is 0.254 e. The fourth-order valence-corrected chi connectivity index (χ4v) is 5.43. The number of hydrogen-bond acceptors (Lipinski definition) is 6. The van der Waals surface area contributed by atoms with E-state index < -0.39 is 5.91 Å². The van der Waals surface area contributed by atoms with E-state index in [2.05, 4.69) is 26.6 Å². The molecule has 32 heavy (non-hydrogen) atoms. The first-order valence-electron chi connectivity index (χ1n) is 10.9. The van der Waals surface area contributed by atoms with Crippen molar-refractivity contribution in [3.63, 3.8) is 0 Å². The van der Waals surface area contributed by atoms with Crippen LogP contribution in [0.15, 0.2) is 36.7 Å². The number of ether oxygens (including phenoxy) is 1. The second-order valence-corrected chi connectivity index (χ2v) is 9.27. The molecular formula is C23H25N7O2. The largest absolute Gasteiger partial charge is 0.474 e. The topological polar surface area (TPSA) is 112 Å². The minimum absolute atomic E-state index is 0.0466. The van der Waals surface area contributed by atoms with E-state index in [-0.39, 0.29) is 6.10 Å². The standard InChI is InChI=1S/C23H25N7O2/c1-13-16-7-17(20(24)31)22(27-21(16)29(2)28-13)32-15-10-23(11-15)8-14(9-23)26-18-12-25-30-6-4-3-5-19(18)30/h3-7,12,14-15,26H,8-11H2,1-2H3,(H2,24,31). The number of rotatable bonds is 5. The Labute approximate surface area is 184 Å². The Bertz CT molecular complexity index is 1360. The van der Waals surface area contributed by atoms with E-state index >= 15 is 0 Å². The molecule has 4 aromatic heterocycles. The zero-order valence-corrected chi connectivity index (χ0v) is 18.1. The average Bonchev–Trinajstić information content (AvgIpc) is 3.24. The van der Waals surface area contributed by atoms with Crippen LogP contribution >= 0.6 is 0 Å². The van der Waals surface area contributed by atoms with E-state index in [1.54, 1.807) is 10.7 Å². The van der Waals surface area contributed by atoms with Gasteiger partial charge < -0.3 is 15.8 Å². The van der Waals surface area contributed by atoms with Crippen molar-refractivity contribution in [2.24, 2.45) is 18.2 Å². The van der Waals surface area contributed by atoms with Crippen molar-refractivity contribution in [2.75, 3.05) is 5.32 Å². The number of nitrogens with zero attached hydrogens (tertiary/aromatic N) is 5. The lowest BCUT2D eigenvalue weighted by Crippen LogP contribution is -2.56. The highest BCUT2D eigenvalue weighted by molar-refractivity contribution is 5.98. The highest BCUT2D eigenvalue weighted by Gasteiger charge is 2.54. The molecule has 0 radical (unpaired) electrons. The third-order valence-electron chi connectivity index (χ3n) is 6.97. The van der Waals surface area contributed by atoms with Crippen molar-refractivity contribution in [2.45, 2.75) is 44.8 Å². The van der Waals surface area contributed by atoms with Crippen LogP contribution in [0.25, 0.3) is 16.6 Å². The summed E-state index contributed by atoms with van der Waals surface area (Å²) in [6.07, 6.45) is 8.02. The summed E-state index contributed by atoms with van der Waals surface area (Å²) in [5, 5.41) is 13.2. The molecular weight excluding hydrogens is 406 g/mol. The fourth-order valence-electron chi connectivity index (χ4n) is 5.43. The second kappa shape index (κ2) is 6.69. The number of amides is 1. The van der Waals surface area contributed by atoms with Crippen molar-refractivity contribution in [3.8, 4) is 5.88 Å². The van der Waals surface area contributed by atoms with Crippen molar-refractivity contribution in [3.05, 3.63) is 47.9 Å². The maximum absolute atomic E-state index is 12.0. The summed E-state index contributed by atoms with van der Waals surface area (Å²) in [5.41, 5.74) is 9.91. The lowest BCUT2D eigenvalue weighted by atomic mass is 9.53. The highest BCUT2D eigenvalue weighted by atomic mass is 16.5. The first-order valence-corrected chi connectivity index (χ1v) is 10.9. The van der Waals surface area contributed by atoms with Gasteiger partial charge in [0.25, 0.3) is 5.91 Å². The van der Waals surface area contributed by atoms with Crippen LogP contribution < -0.4 is 15.8 Å². The molecule has 0 unspecified atom stereocenters. The second-order valence-electron chi connectivity index (χ2n) is 9.27. The number of aryl methyl sites for hydroxylation is 2. The molecule has 2 aliphatic rings. The molecule has 6 rings (SSSR count). The zero-order valence-electron chi connectivity index (χ0n) is 18.1. The molecule has 1 spiro atoms. The molecule has 2 aliphatic carbocycles. The molecule has 4 aromatic rings. The molecule has 164 valence electrons. The summed E-state index contributed by atoms with van der Waals surface area (Å²) in [5.74, 6) is -0.221. The van der Waals surface area contributed by atoms with Crippen molar-refractivity contribution >= 4 is 28.1 Å². The SMILES string of the molecule is Cc1nn(C)c2nc(OC3CC4(CC(Nc5cnn6ccccc56)C4)C3)c(C(N)=O)cc12. The number of carbonyl (C=O) groups excluding carboxylic acids is 1. The lowest BCUT2D eigenvalue weighted by molar-refractivity contribution is -0.0758. The average molecular weight is 432 g/mol. The van der Waals surface area contributed by atoms with E-state index in [1.807, 2.05) is 43.0 Å². The summed E-state index contributed by atoms with van der Waals surface area (Å²) in [7, 11) is 1.83. The molecule has 0 aliphatic heterocycles. The van der Waals surface area contributed by atoms with Gasteiger partial charge >= 0.3 is 0 Å². The number of fused-ring (bicyclic) bond motifs is 2. The number of hydrogen-bond donors (Lipinski definition) is 2. The summed E-state index contributed by atoms with van der Waals surface area (Å²) >= 11 is 0. The Morgan fingerprint density at radius 3 is 2.88 bits per heavy atom. The third kappa shape index (κ3) is 2.91. The van der Waals surface area contributed by atoms with Crippen molar-refractivity contribution in [1.29, 1.82) is 0 Å². The van der Waals surface area contributed by atoms with Crippen molar-refractivity contribution in [1.82, 2.24) is 24.4 Å². The Morgan fingerprint density at radius 2 is 2.09 bits per heavy atom. The van der Waals surface area contributed by atoms with Crippen molar-refractivity contribution < 1.29 is 9.53 Å². The van der Waals surface area contributed by atoms with Gasteiger partial charge in [-0.2, -0.15) is 15.2 Å². The molecule has 4 heterocycles. The van der Waals surface area contributed by atoms with Gasteiger partial charge in [-0.25, -0.2) is 4.52 Å². The third-order valence-corrected chi connectivity index (χ3v) is 6.97. The van der Waals surface area contributed by atoms with Crippen LogP contribution in [0, 0.1) is 12.3 Å². The van der Waals surface area contributed by atoms with Crippen LogP contribution in [0.4, 0.5) is 5.69 Å². The van der Waals surface area contributed by atoms with Crippen LogP contribution in [0.5, 0.6) is 5.88 Å². The molecule has 0 saturated heterocycles. The molecule has 0 bridgehead atoms. The number of carbonyl (C=O) groups is 1. The number of primary amides is 1. The van der Waals surface area contributed by atoms with E-state index in [4.69, 9.17) is 10.5 Å². The minimum Gasteiger partial charge on any atom is -0.474 e. The molecule has 3 N–H and O–H groups in total. The normalized spacial score (nSPS) is 24.4. The quantitative estimate of drug-likeness (QED) is 0.502. The summed E-state index contributed by atoms with van der Waals surface area (Å²) < 4.78 is 9.74. The number of pyridine rings is 2. The van der Waals surface area contributed by atoms with Crippen LogP contribution in [-0.2, 0) is 7.05 Å². The van der Waals surface area contributed by atoms with Gasteiger partial charge in [0.2, 0.25) is 5.88 Å². The summed E-state index contributed by atoms with van der Waals surface area (Å²) in [6, 6.07) is 8.26. The fraction of sp³-hybridized carbons (Fsp3) is 0.391. The van der Waals surface area contributed by atoms with E-state index in [0.29, 0.717) is 28.5 Å². The first kappa shape index (κ1) is 19.1. The Balaban J connectivity index is 1.12. The van der Waals surface area contributed by atoms with Crippen LogP contribution in [-0.4, -0.2) is 42.4 Å². The highest BCUT2D eigenvalue weighted by Crippen LogP contribution is 2.57. The van der Waals surface area contributed by atoms with Gasteiger partial charge in [0.15, 0.2) is 5.65 Å². The van der Waals surface area contributed by atoms with Gasteiger partial charge in [-0.15, -0.1) is 0 Å². The first-order chi connectivity index (χ1) is 15.4. The van der Waals surface area contributed by atoms with Gasteiger partial charge in [0.05, 0.1) is 23.1 Å². The summed E-state index contributed by atoms with van der Waals surface area (Å²) in [6.45, 7) is 1.89. The predicted molar refractivity (Wildman–Crippen MR) is 120 cm³/mol. The maximum atomic E-state index is 12.0. The van der Waals surface area contributed by atoms with Crippen LogP contribution in [0.1, 0.15) is 41.7 Å². The molecule has 9 nitrogen and oxygen atoms in total. The Hall–Kier alpha value is -3.62. The summed E-state index contributed by atoms with van der Waals surface area (Å²) in [4.78, 5) is 16.6. The molecule has 0 aromatic carbocycles. The van der Waals surface area contributed by atoms with E-state index in [1.165, 1.54) is 0 Å². The van der Waals surface area contributed by atoms with Gasteiger partial charge in [0, 0.05) is 24.7 Å². The predicted octanol–water partition coefficient (Wildman–Crippen LogP) is 2.83. The Kier molecular flexibility index (Phi) is 3.99. The van der Waals surface area contributed by atoms with Gasteiger partial charge in [0.1, 0.15) is 11.7 Å². The number of nitrogens with one attached hydrogen (secondary N) is 1. The number of nitrogens with two attached hydrogens (primary N) is 1. The molecule has 0 atom stereocenters. The minimum atomic E-state index is -0.534. The van der Waals surface area contributed by atoms with E-state index in [9.17, 15) is 4.79 Å². The molecule has 9 heteroatoms. The monoisotopic (exact) mass is 431 g/mol. The van der Waals surface area contributed by atoms with Gasteiger partial charge in [-0.3, -0.25) is 9.48 Å². The molecule has 1 amide bonds. The van der Waals surface area contributed by atoms with Crippen LogP contribution in [0.2, 0.25) is 0 Å². The number of anilines is 1.